The van der Waals surface area contributed by atoms with Gasteiger partial charge in [0.2, 0.25) is 11.8 Å². The third-order valence-corrected chi connectivity index (χ3v) is 5.49. The van der Waals surface area contributed by atoms with Crippen molar-refractivity contribution in [2.75, 3.05) is 24.7 Å². The van der Waals surface area contributed by atoms with E-state index in [-0.39, 0.29) is 24.1 Å². The number of nitrogens with zero attached hydrogens (tertiary/aromatic N) is 3. The first-order valence-electron chi connectivity index (χ1n) is 9.63. The van der Waals surface area contributed by atoms with Crippen LogP contribution in [0.1, 0.15) is 5.56 Å². The number of benzene rings is 2. The van der Waals surface area contributed by atoms with Gasteiger partial charge in [0, 0.05) is 29.8 Å². The number of nitrogens with one attached hydrogen (secondary N) is 2. The molecule has 0 saturated carbocycles. The number of carbonyl (C=O) groups excluding carboxylic acids is 2. The molecule has 0 aliphatic rings. The van der Waals surface area contributed by atoms with Gasteiger partial charge in [0.05, 0.1) is 17.9 Å². The van der Waals surface area contributed by atoms with Crippen LogP contribution >= 0.6 is 11.8 Å². The number of H-pyrrole nitrogens is 1. The zero-order valence-corrected chi connectivity index (χ0v) is 17.9. The number of thioether (sulfide) groups is 1. The maximum Gasteiger partial charge on any atom is 0.277 e. The van der Waals surface area contributed by atoms with Gasteiger partial charge < -0.3 is 19.6 Å². The normalized spacial score (nSPS) is 10.9. The SMILES string of the molecule is Cc1ccc(NC(=O)CN(C)C(=O)CSc2nnc(-c3c[nH]c4ccccc34)o2)cc1. The highest BCUT2D eigenvalue weighted by Crippen LogP contribution is 2.29. The largest absolute Gasteiger partial charge is 0.411 e. The van der Waals surface area contributed by atoms with Crippen LogP contribution in [0.5, 0.6) is 0 Å². The molecular weight excluding hydrogens is 414 g/mol. The Bertz CT molecular complexity index is 1220. The minimum atomic E-state index is -0.260. The van der Waals surface area contributed by atoms with Crippen molar-refractivity contribution in [1.82, 2.24) is 20.1 Å². The molecule has 0 aliphatic heterocycles. The first kappa shape index (κ1) is 20.7. The summed E-state index contributed by atoms with van der Waals surface area (Å²) < 4.78 is 5.71. The second-order valence-electron chi connectivity index (χ2n) is 7.07. The second kappa shape index (κ2) is 9.05. The predicted octanol–water partition coefficient (Wildman–Crippen LogP) is 3.72. The summed E-state index contributed by atoms with van der Waals surface area (Å²) in [4.78, 5) is 29.1. The third kappa shape index (κ3) is 4.95. The number of aromatic nitrogens is 3. The number of aryl methyl sites for hydroxylation is 1. The number of hydrogen-bond acceptors (Lipinski definition) is 6. The number of aromatic amines is 1. The van der Waals surface area contributed by atoms with Crippen LogP contribution in [0.4, 0.5) is 5.69 Å². The number of hydrogen-bond donors (Lipinski definition) is 2. The molecule has 2 N–H and O–H groups in total. The van der Waals surface area contributed by atoms with Crippen LogP contribution in [0.2, 0.25) is 0 Å². The summed E-state index contributed by atoms with van der Waals surface area (Å²) in [6.07, 6.45) is 1.82. The van der Waals surface area contributed by atoms with Gasteiger partial charge in [0.1, 0.15) is 0 Å². The lowest BCUT2D eigenvalue weighted by Gasteiger charge is -2.16. The van der Waals surface area contributed by atoms with E-state index in [0.29, 0.717) is 16.8 Å². The molecule has 4 rings (SSSR count). The molecule has 0 saturated heterocycles. The Morgan fingerprint density at radius 1 is 1.13 bits per heavy atom. The van der Waals surface area contributed by atoms with Gasteiger partial charge >= 0.3 is 0 Å². The molecule has 0 unspecified atom stereocenters. The van der Waals surface area contributed by atoms with Gasteiger partial charge in [-0.3, -0.25) is 9.59 Å². The van der Waals surface area contributed by atoms with Crippen LogP contribution in [0.25, 0.3) is 22.4 Å². The van der Waals surface area contributed by atoms with Crippen molar-refractivity contribution in [2.24, 2.45) is 0 Å². The van der Waals surface area contributed by atoms with Crippen molar-refractivity contribution < 1.29 is 14.0 Å². The average Bonchev–Trinajstić information content (AvgIpc) is 3.40. The third-order valence-electron chi connectivity index (χ3n) is 4.69. The Hall–Kier alpha value is -3.59. The molecule has 9 heteroatoms. The Balaban J connectivity index is 1.30. The minimum Gasteiger partial charge on any atom is -0.411 e. The maximum atomic E-state index is 12.4. The molecule has 31 heavy (non-hydrogen) atoms. The molecule has 0 atom stereocenters. The average molecular weight is 436 g/mol. The van der Waals surface area contributed by atoms with E-state index in [4.69, 9.17) is 4.42 Å². The summed E-state index contributed by atoms with van der Waals surface area (Å²) in [5, 5.41) is 12.2. The molecule has 0 radical (unpaired) electrons. The Labute approximate surface area is 183 Å². The van der Waals surface area contributed by atoms with Crippen LogP contribution in [-0.2, 0) is 9.59 Å². The van der Waals surface area contributed by atoms with Gasteiger partial charge in [-0.15, -0.1) is 10.2 Å². The van der Waals surface area contributed by atoms with Gasteiger partial charge in [0.15, 0.2) is 0 Å². The van der Waals surface area contributed by atoms with Crippen molar-refractivity contribution >= 4 is 40.2 Å². The van der Waals surface area contributed by atoms with E-state index in [0.717, 1.165) is 33.8 Å². The summed E-state index contributed by atoms with van der Waals surface area (Å²) in [6, 6.07) is 15.3. The fourth-order valence-electron chi connectivity index (χ4n) is 3.00. The van der Waals surface area contributed by atoms with Gasteiger partial charge in [-0.1, -0.05) is 47.7 Å². The lowest BCUT2D eigenvalue weighted by Crippen LogP contribution is -2.35. The van der Waals surface area contributed by atoms with Crippen LogP contribution in [0.15, 0.2) is 64.4 Å². The number of amides is 2. The number of rotatable bonds is 7. The van der Waals surface area contributed by atoms with Crippen molar-refractivity contribution in [1.29, 1.82) is 0 Å². The molecule has 0 spiro atoms. The smallest absolute Gasteiger partial charge is 0.277 e. The van der Waals surface area contributed by atoms with E-state index in [1.165, 1.54) is 4.90 Å². The lowest BCUT2D eigenvalue weighted by atomic mass is 10.2. The topological polar surface area (TPSA) is 104 Å². The predicted molar refractivity (Wildman–Crippen MR) is 120 cm³/mol. The molecule has 0 fully saturated rings. The number of fused-ring (bicyclic) bond motifs is 1. The molecule has 0 bridgehead atoms. The number of likely N-dealkylation sites (N-methyl/N-ethyl adjacent to an activating group) is 1. The molecule has 2 aromatic carbocycles. The monoisotopic (exact) mass is 435 g/mol. The molecule has 158 valence electrons. The van der Waals surface area contributed by atoms with E-state index in [9.17, 15) is 9.59 Å². The van der Waals surface area contributed by atoms with Crippen LogP contribution in [0, 0.1) is 6.92 Å². The first-order valence-corrected chi connectivity index (χ1v) is 10.6. The molecule has 4 aromatic rings. The second-order valence-corrected chi connectivity index (χ2v) is 8.00. The zero-order valence-electron chi connectivity index (χ0n) is 17.1. The Kier molecular flexibility index (Phi) is 6.03. The highest BCUT2D eigenvalue weighted by molar-refractivity contribution is 7.99. The van der Waals surface area contributed by atoms with Crippen LogP contribution < -0.4 is 5.32 Å². The van der Waals surface area contributed by atoms with E-state index < -0.39 is 0 Å². The summed E-state index contributed by atoms with van der Waals surface area (Å²) in [6.45, 7) is 1.93. The Morgan fingerprint density at radius 2 is 1.90 bits per heavy atom. The fraction of sp³-hybridized carbons (Fsp3) is 0.182. The molecule has 2 heterocycles. The summed E-state index contributed by atoms with van der Waals surface area (Å²) in [5.74, 6) is 0.00217. The van der Waals surface area contributed by atoms with Gasteiger partial charge in [-0.2, -0.15) is 0 Å². The summed E-state index contributed by atoms with van der Waals surface area (Å²) in [7, 11) is 1.59. The first-order chi connectivity index (χ1) is 15.0. The minimum absolute atomic E-state index is 0.0440. The summed E-state index contributed by atoms with van der Waals surface area (Å²) in [5.41, 5.74) is 3.59. The van der Waals surface area contributed by atoms with Gasteiger partial charge in [-0.05, 0) is 25.1 Å². The Morgan fingerprint density at radius 3 is 2.71 bits per heavy atom. The van der Waals surface area contributed by atoms with Crippen LogP contribution in [-0.4, -0.2) is 51.2 Å². The molecular formula is C22H21N5O3S. The molecule has 8 nitrogen and oxygen atoms in total. The number of carbonyl (C=O) groups is 2. The number of anilines is 1. The van der Waals surface area contributed by atoms with Crippen molar-refractivity contribution in [3.05, 3.63) is 60.3 Å². The van der Waals surface area contributed by atoms with Crippen molar-refractivity contribution in [2.45, 2.75) is 12.1 Å². The van der Waals surface area contributed by atoms with Crippen LogP contribution in [0.3, 0.4) is 0 Å². The highest BCUT2D eigenvalue weighted by Gasteiger charge is 2.17. The van der Waals surface area contributed by atoms with Gasteiger partial charge in [-0.25, -0.2) is 0 Å². The molecule has 2 amide bonds. The van der Waals surface area contributed by atoms with E-state index in [1.54, 1.807) is 7.05 Å². The maximum absolute atomic E-state index is 12.4. The fourth-order valence-corrected chi connectivity index (χ4v) is 3.70. The van der Waals surface area contributed by atoms with E-state index in [1.807, 2.05) is 61.7 Å². The number of para-hydroxylation sites is 1. The van der Waals surface area contributed by atoms with Crippen molar-refractivity contribution in [3.8, 4) is 11.5 Å². The highest BCUT2D eigenvalue weighted by atomic mass is 32.2. The molecule has 0 aliphatic carbocycles. The van der Waals surface area contributed by atoms with E-state index in [2.05, 4.69) is 20.5 Å². The lowest BCUT2D eigenvalue weighted by molar-refractivity contribution is -0.131. The standard InChI is InChI=1S/C22H21N5O3S/c1-14-7-9-15(10-8-14)24-19(28)12-27(2)20(29)13-31-22-26-25-21(30-22)17-11-23-18-6-4-3-5-16(17)18/h3-11,23H,12-13H2,1-2H3,(H,24,28). The summed E-state index contributed by atoms with van der Waals surface area (Å²) >= 11 is 1.14. The zero-order chi connectivity index (χ0) is 21.8. The van der Waals surface area contributed by atoms with E-state index >= 15 is 0 Å². The quantitative estimate of drug-likeness (QED) is 0.429. The molecule has 2 aromatic heterocycles. The van der Waals surface area contributed by atoms with Gasteiger partial charge in [0.25, 0.3) is 11.1 Å². The van der Waals surface area contributed by atoms with Crippen molar-refractivity contribution in [3.63, 3.8) is 0 Å².